The van der Waals surface area contributed by atoms with E-state index >= 15 is 0 Å². The van der Waals surface area contributed by atoms with E-state index in [2.05, 4.69) is 16.0 Å². The summed E-state index contributed by atoms with van der Waals surface area (Å²) < 4.78 is 30.5. The van der Waals surface area contributed by atoms with Gasteiger partial charge in [0.1, 0.15) is 11.9 Å². The summed E-state index contributed by atoms with van der Waals surface area (Å²) in [5.41, 5.74) is 1.30. The second kappa shape index (κ2) is 13.1. The highest BCUT2D eigenvalue weighted by Crippen LogP contribution is 2.36. The maximum absolute atomic E-state index is 13.7. The molecule has 0 spiro atoms. The summed E-state index contributed by atoms with van der Waals surface area (Å²) in [6, 6.07) is 13.6. The number of carbonyl (C=O) groups excluding carboxylic acids is 3. The van der Waals surface area contributed by atoms with Crippen molar-refractivity contribution in [2.24, 2.45) is 5.92 Å². The minimum Gasteiger partial charge on any atom is -0.485 e. The molecule has 0 aromatic heterocycles. The molecule has 2 aliphatic rings. The Bertz CT molecular complexity index is 1540. The minimum absolute atomic E-state index is 0.115. The van der Waals surface area contributed by atoms with Crippen molar-refractivity contribution in [2.75, 3.05) is 49.5 Å². The predicted molar refractivity (Wildman–Crippen MR) is 161 cm³/mol. The lowest BCUT2D eigenvalue weighted by Gasteiger charge is -2.38. The summed E-state index contributed by atoms with van der Waals surface area (Å²) >= 11 is 0. The van der Waals surface area contributed by atoms with E-state index in [4.69, 9.17) is 14.2 Å². The molecule has 0 fully saturated rings. The number of nitrogens with one attached hydrogen (secondary N) is 3. The zero-order valence-electron chi connectivity index (χ0n) is 24.5. The molecule has 4 N–H and O–H groups in total. The lowest BCUT2D eigenvalue weighted by Crippen LogP contribution is -2.50. The first-order valence-corrected chi connectivity index (χ1v) is 14.1. The minimum atomic E-state index is -0.631. The van der Waals surface area contributed by atoms with E-state index in [9.17, 15) is 23.9 Å². The number of halogens is 1. The van der Waals surface area contributed by atoms with Crippen LogP contribution in [0.2, 0.25) is 0 Å². The molecule has 5 amide bonds. The van der Waals surface area contributed by atoms with Crippen molar-refractivity contribution in [2.45, 2.75) is 26.0 Å². The number of rotatable bonds is 7. The van der Waals surface area contributed by atoms with Gasteiger partial charge in [0.25, 0.3) is 5.91 Å². The SMILES string of the molecule is C[C@@H]1CN([C@@H](C)CO)C(=O)c2cccc(NC(=O)Nc3ccc(F)cc3)c2O[C@@H]1CN(C)C(=O)Nc1ccc2c(c1)OCO2. The number of benzene rings is 3. The number of fused-ring (bicyclic) bond motifs is 2. The molecule has 2 heterocycles. The number of aliphatic hydroxyl groups is 1. The van der Waals surface area contributed by atoms with Gasteiger partial charge in [0, 0.05) is 37.0 Å². The maximum Gasteiger partial charge on any atom is 0.323 e. The standard InChI is InChI=1S/C31H34FN5O7/c1-18-14-37(19(2)16-38)29(39)23-5-4-6-24(35-30(40)33-21-9-7-20(32)8-10-21)28(23)44-27(18)15-36(3)31(41)34-22-11-12-25-26(13-22)43-17-42-25/h4-13,18-19,27,38H,14-17H2,1-3H3,(H,34,41)(H2,33,35,40)/t18-,19+,27-/m1/s1. The van der Waals surface area contributed by atoms with Crippen LogP contribution in [0.15, 0.2) is 60.7 Å². The number of hydrogen-bond acceptors (Lipinski definition) is 7. The van der Waals surface area contributed by atoms with E-state index < -0.39 is 30.0 Å². The molecule has 0 saturated heterocycles. The van der Waals surface area contributed by atoms with Crippen molar-refractivity contribution in [1.82, 2.24) is 9.80 Å². The van der Waals surface area contributed by atoms with Gasteiger partial charge in [0.05, 0.1) is 30.4 Å². The van der Waals surface area contributed by atoms with Gasteiger partial charge in [0.2, 0.25) is 6.79 Å². The monoisotopic (exact) mass is 607 g/mol. The largest absolute Gasteiger partial charge is 0.485 e. The van der Waals surface area contributed by atoms with E-state index in [1.54, 1.807) is 55.3 Å². The van der Waals surface area contributed by atoms with E-state index in [0.29, 0.717) is 22.9 Å². The Morgan fingerprint density at radius 2 is 1.77 bits per heavy atom. The zero-order chi connectivity index (χ0) is 31.4. The van der Waals surface area contributed by atoms with Crippen LogP contribution in [0, 0.1) is 11.7 Å². The van der Waals surface area contributed by atoms with Crippen LogP contribution in [0.3, 0.4) is 0 Å². The zero-order valence-corrected chi connectivity index (χ0v) is 24.5. The number of ether oxygens (including phenoxy) is 3. The maximum atomic E-state index is 13.7. The summed E-state index contributed by atoms with van der Waals surface area (Å²) in [5.74, 6) is 0.155. The number of likely N-dealkylation sites (N-methyl/N-ethyl adjacent to an activating group) is 1. The highest BCUT2D eigenvalue weighted by Gasteiger charge is 2.35. The first kappa shape index (κ1) is 30.4. The van der Waals surface area contributed by atoms with Gasteiger partial charge >= 0.3 is 12.1 Å². The van der Waals surface area contributed by atoms with Crippen molar-refractivity contribution in [1.29, 1.82) is 0 Å². The quantitative estimate of drug-likeness (QED) is 0.308. The van der Waals surface area contributed by atoms with E-state index in [0.717, 1.165) is 0 Å². The summed E-state index contributed by atoms with van der Waals surface area (Å²) in [6.07, 6.45) is -0.620. The second-order valence-corrected chi connectivity index (χ2v) is 10.8. The van der Waals surface area contributed by atoms with Crippen LogP contribution in [0.25, 0.3) is 0 Å². The third-order valence-electron chi connectivity index (χ3n) is 7.47. The fourth-order valence-electron chi connectivity index (χ4n) is 4.92. The van der Waals surface area contributed by atoms with Crippen LogP contribution in [0.5, 0.6) is 17.2 Å². The number of amides is 5. The highest BCUT2D eigenvalue weighted by molar-refractivity contribution is 6.04. The molecule has 3 aromatic rings. The Morgan fingerprint density at radius 3 is 2.52 bits per heavy atom. The molecule has 3 atom stereocenters. The van der Waals surface area contributed by atoms with Crippen LogP contribution < -0.4 is 30.2 Å². The number of nitrogens with zero attached hydrogens (tertiary/aromatic N) is 2. The van der Waals surface area contributed by atoms with E-state index in [1.807, 2.05) is 6.92 Å². The first-order valence-electron chi connectivity index (χ1n) is 14.1. The molecule has 2 aliphatic heterocycles. The normalized spacial score (nSPS) is 17.8. The van der Waals surface area contributed by atoms with Crippen LogP contribution in [0.1, 0.15) is 24.2 Å². The first-order chi connectivity index (χ1) is 21.1. The van der Waals surface area contributed by atoms with Gasteiger partial charge in [-0.15, -0.1) is 0 Å². The molecule has 0 bridgehead atoms. The number of aliphatic hydroxyl groups excluding tert-OH is 1. The van der Waals surface area contributed by atoms with Crippen molar-refractivity contribution < 1.29 is 38.1 Å². The Balaban J connectivity index is 1.38. The van der Waals surface area contributed by atoms with Crippen molar-refractivity contribution in [3.05, 3.63) is 72.0 Å². The summed E-state index contributed by atoms with van der Waals surface area (Å²) in [7, 11) is 1.62. The number of para-hydroxylation sites is 1. The van der Waals surface area contributed by atoms with Gasteiger partial charge in [-0.2, -0.15) is 0 Å². The molecule has 0 saturated carbocycles. The topological polar surface area (TPSA) is 142 Å². The predicted octanol–water partition coefficient (Wildman–Crippen LogP) is 4.58. The van der Waals surface area contributed by atoms with Gasteiger partial charge in [-0.25, -0.2) is 14.0 Å². The molecule has 13 heteroatoms. The van der Waals surface area contributed by atoms with Crippen LogP contribution in [0.4, 0.5) is 31.0 Å². The fourth-order valence-corrected chi connectivity index (χ4v) is 4.92. The molecule has 44 heavy (non-hydrogen) atoms. The van der Waals surface area contributed by atoms with Crippen LogP contribution in [-0.4, -0.2) is 78.6 Å². The van der Waals surface area contributed by atoms with Gasteiger partial charge in [-0.1, -0.05) is 13.0 Å². The number of hydrogen-bond donors (Lipinski definition) is 4. The Kier molecular flexibility index (Phi) is 9.04. The summed E-state index contributed by atoms with van der Waals surface area (Å²) in [6.45, 7) is 3.87. The summed E-state index contributed by atoms with van der Waals surface area (Å²) in [5, 5.41) is 18.1. The van der Waals surface area contributed by atoms with Crippen LogP contribution in [-0.2, 0) is 0 Å². The lowest BCUT2D eigenvalue weighted by molar-refractivity contribution is 0.0373. The Labute approximate surface area is 253 Å². The van der Waals surface area contributed by atoms with Crippen LogP contribution >= 0.6 is 0 Å². The average molecular weight is 608 g/mol. The van der Waals surface area contributed by atoms with Crippen molar-refractivity contribution in [3.63, 3.8) is 0 Å². The fraction of sp³-hybridized carbons (Fsp3) is 0.323. The Hall–Kier alpha value is -5.04. The number of anilines is 3. The van der Waals surface area contributed by atoms with Crippen molar-refractivity contribution in [3.8, 4) is 17.2 Å². The highest BCUT2D eigenvalue weighted by atomic mass is 19.1. The molecule has 5 rings (SSSR count). The second-order valence-electron chi connectivity index (χ2n) is 10.8. The van der Waals surface area contributed by atoms with Crippen molar-refractivity contribution >= 4 is 35.0 Å². The molecule has 0 radical (unpaired) electrons. The Morgan fingerprint density at radius 1 is 1.05 bits per heavy atom. The van der Waals surface area contributed by atoms with Gasteiger partial charge in [-0.05, 0) is 55.5 Å². The van der Waals surface area contributed by atoms with Gasteiger partial charge in [0.15, 0.2) is 17.2 Å². The molecule has 3 aromatic carbocycles. The van der Waals surface area contributed by atoms with Gasteiger partial charge < -0.3 is 45.1 Å². The number of urea groups is 2. The molecular formula is C31H34FN5O7. The van der Waals surface area contributed by atoms with E-state index in [-0.39, 0.29) is 55.3 Å². The molecule has 232 valence electrons. The van der Waals surface area contributed by atoms with E-state index in [1.165, 1.54) is 29.2 Å². The average Bonchev–Trinajstić information content (AvgIpc) is 3.48. The molecular weight excluding hydrogens is 573 g/mol. The smallest absolute Gasteiger partial charge is 0.323 e. The molecule has 0 aliphatic carbocycles. The lowest BCUT2D eigenvalue weighted by atomic mass is 9.99. The molecule has 12 nitrogen and oxygen atoms in total. The third kappa shape index (κ3) is 6.78. The third-order valence-corrected chi connectivity index (χ3v) is 7.47. The van der Waals surface area contributed by atoms with Gasteiger partial charge in [-0.3, -0.25) is 4.79 Å². The number of carbonyl (C=O) groups is 3. The summed E-state index contributed by atoms with van der Waals surface area (Å²) in [4.78, 5) is 42.8. The molecule has 0 unspecified atom stereocenters.